The van der Waals surface area contributed by atoms with Crippen molar-refractivity contribution in [1.82, 2.24) is 0 Å². The van der Waals surface area contributed by atoms with Crippen LogP contribution in [0.4, 0.5) is 0 Å². The third-order valence-electron chi connectivity index (χ3n) is 6.03. The predicted octanol–water partition coefficient (Wildman–Crippen LogP) is 6.54. The molecule has 0 aromatic rings. The molecule has 0 bridgehead atoms. The molecule has 2 aliphatic rings. The van der Waals surface area contributed by atoms with Gasteiger partial charge in [-0.1, -0.05) is 0 Å². The van der Waals surface area contributed by atoms with Crippen LogP contribution in [0, 0.1) is 0 Å². The van der Waals surface area contributed by atoms with E-state index in [0.29, 0.717) is 11.3 Å². The van der Waals surface area contributed by atoms with Gasteiger partial charge in [-0.05, 0) is 0 Å². The molecule has 0 spiro atoms. The van der Waals surface area contributed by atoms with E-state index in [4.69, 9.17) is 4.52 Å². The van der Waals surface area contributed by atoms with Crippen LogP contribution >= 0.6 is 7.49 Å². The molecule has 0 aliphatic heterocycles. The molecule has 21 heavy (non-hydrogen) atoms. The Morgan fingerprint density at radius 3 is 1.43 bits per heavy atom. The van der Waals surface area contributed by atoms with Crippen LogP contribution in [0.25, 0.3) is 0 Å². The second-order valence-corrected chi connectivity index (χ2v) is 13.8. The van der Waals surface area contributed by atoms with Gasteiger partial charge in [-0.25, -0.2) is 0 Å². The summed E-state index contributed by atoms with van der Waals surface area (Å²) >= 11 is 0. The van der Waals surface area contributed by atoms with E-state index in [-0.39, 0.29) is 0 Å². The zero-order valence-corrected chi connectivity index (χ0v) is 16.2. The first kappa shape index (κ1) is 17.7. The van der Waals surface area contributed by atoms with E-state index in [1.165, 1.54) is 64.2 Å². The third kappa shape index (κ3) is 3.84. The van der Waals surface area contributed by atoms with Crippen molar-refractivity contribution in [2.45, 2.75) is 121 Å². The fourth-order valence-corrected chi connectivity index (χ4v) is 12.5. The topological polar surface area (TPSA) is 9.23 Å². The maximum absolute atomic E-state index is 7.02. The maximum atomic E-state index is 7.02. The summed E-state index contributed by atoms with van der Waals surface area (Å²) in [5.74, 6) is 0. The average molecular weight is 314 g/mol. The molecule has 0 saturated heterocycles. The van der Waals surface area contributed by atoms with Crippen LogP contribution in [-0.2, 0) is 4.52 Å². The van der Waals surface area contributed by atoms with Gasteiger partial charge in [-0.15, -0.1) is 0 Å². The van der Waals surface area contributed by atoms with E-state index in [1.54, 1.807) is 0 Å². The normalized spacial score (nSPS) is 24.5. The molecular formula is C19H39OP. The molecule has 2 fully saturated rings. The van der Waals surface area contributed by atoms with Crippen molar-refractivity contribution in [3.8, 4) is 0 Å². The summed E-state index contributed by atoms with van der Waals surface area (Å²) in [4.78, 5) is 0. The van der Waals surface area contributed by atoms with Crippen molar-refractivity contribution in [3.05, 3.63) is 0 Å². The molecule has 1 nitrogen and oxygen atoms in total. The van der Waals surface area contributed by atoms with E-state index < -0.39 is 7.49 Å². The van der Waals surface area contributed by atoms with E-state index in [9.17, 15) is 0 Å². The Morgan fingerprint density at radius 1 is 0.762 bits per heavy atom. The zero-order valence-electron chi connectivity index (χ0n) is 15.2. The molecule has 0 aromatic heterocycles. The van der Waals surface area contributed by atoms with E-state index in [1.807, 2.05) is 0 Å². The van der Waals surface area contributed by atoms with Gasteiger partial charge in [0.05, 0.1) is 0 Å². The third-order valence-corrected chi connectivity index (χ3v) is 12.8. The van der Waals surface area contributed by atoms with E-state index in [0.717, 1.165) is 11.3 Å². The van der Waals surface area contributed by atoms with Gasteiger partial charge in [0.2, 0.25) is 0 Å². The minimum atomic E-state index is -1.76. The Morgan fingerprint density at radius 2 is 1.14 bits per heavy atom. The monoisotopic (exact) mass is 314 g/mol. The molecule has 0 radical (unpaired) electrons. The van der Waals surface area contributed by atoms with Crippen molar-refractivity contribution >= 4 is 7.49 Å². The van der Waals surface area contributed by atoms with Gasteiger partial charge in [0.15, 0.2) is 0 Å². The molecule has 0 unspecified atom stereocenters. The van der Waals surface area contributed by atoms with Crippen LogP contribution in [0.2, 0.25) is 0 Å². The SMILES string of the molecule is CC(C)O[PH](C1CCCCC1)(C1CCCCC1)C(C)(C)C. The molecule has 0 aromatic carbocycles. The van der Waals surface area contributed by atoms with Gasteiger partial charge < -0.3 is 0 Å². The van der Waals surface area contributed by atoms with Crippen LogP contribution in [0.1, 0.15) is 98.8 Å². The first-order chi connectivity index (χ1) is 9.88. The van der Waals surface area contributed by atoms with Gasteiger partial charge in [-0.2, -0.15) is 0 Å². The van der Waals surface area contributed by atoms with E-state index >= 15 is 0 Å². The first-order valence-corrected chi connectivity index (χ1v) is 11.6. The van der Waals surface area contributed by atoms with Crippen LogP contribution in [0.15, 0.2) is 0 Å². The van der Waals surface area contributed by atoms with Crippen LogP contribution < -0.4 is 0 Å². The standard InChI is InChI=1S/C19H39OP/c1-16(2)20-21(19(3,4)5,17-12-8-6-9-13-17)18-14-10-7-11-15-18/h16-18,21H,6-15H2,1-5H3. The minimum absolute atomic E-state index is 0.376. The van der Waals surface area contributed by atoms with Crippen LogP contribution in [0.5, 0.6) is 0 Å². The molecule has 0 amide bonds. The second-order valence-electron chi connectivity index (χ2n) is 8.88. The Hall–Kier alpha value is 0.390. The molecule has 2 saturated carbocycles. The Kier molecular flexibility index (Phi) is 6.17. The molecule has 0 N–H and O–H groups in total. The van der Waals surface area contributed by atoms with Crippen molar-refractivity contribution in [1.29, 1.82) is 0 Å². The molecule has 2 aliphatic carbocycles. The van der Waals surface area contributed by atoms with Gasteiger partial charge >= 0.3 is 133 Å². The van der Waals surface area contributed by atoms with Gasteiger partial charge in [0, 0.05) is 0 Å². The van der Waals surface area contributed by atoms with Gasteiger partial charge in [0.1, 0.15) is 0 Å². The summed E-state index contributed by atoms with van der Waals surface area (Å²) in [6, 6.07) is 0. The fraction of sp³-hybridized carbons (Fsp3) is 1.00. The number of hydrogen-bond acceptors (Lipinski definition) is 1. The van der Waals surface area contributed by atoms with Crippen molar-refractivity contribution < 1.29 is 4.52 Å². The molecule has 2 rings (SSSR count). The van der Waals surface area contributed by atoms with Crippen molar-refractivity contribution in [2.24, 2.45) is 0 Å². The predicted molar refractivity (Wildman–Crippen MR) is 98.0 cm³/mol. The van der Waals surface area contributed by atoms with Crippen molar-refractivity contribution in [2.75, 3.05) is 0 Å². The summed E-state index contributed by atoms with van der Waals surface area (Å²) in [7, 11) is -1.76. The average Bonchev–Trinajstić information content (AvgIpc) is 2.45. The van der Waals surface area contributed by atoms with Crippen molar-refractivity contribution in [3.63, 3.8) is 0 Å². The first-order valence-electron chi connectivity index (χ1n) is 9.55. The quantitative estimate of drug-likeness (QED) is 0.535. The van der Waals surface area contributed by atoms with E-state index in [2.05, 4.69) is 34.6 Å². The Labute approximate surface area is 134 Å². The summed E-state index contributed by atoms with van der Waals surface area (Å²) < 4.78 is 7.02. The molecule has 126 valence electrons. The summed E-state index contributed by atoms with van der Waals surface area (Å²) in [5, 5.41) is 0.376. The zero-order chi connectivity index (χ0) is 15.5. The van der Waals surface area contributed by atoms with Gasteiger partial charge in [-0.3, -0.25) is 0 Å². The Balaban J connectivity index is 2.36. The molecule has 2 heteroatoms. The van der Waals surface area contributed by atoms with Gasteiger partial charge in [0.25, 0.3) is 0 Å². The fourth-order valence-electron chi connectivity index (χ4n) is 5.38. The molecule has 0 heterocycles. The number of hydrogen-bond donors (Lipinski definition) is 0. The second kappa shape index (κ2) is 7.31. The molecular weight excluding hydrogens is 275 g/mol. The summed E-state index contributed by atoms with van der Waals surface area (Å²) in [6.07, 6.45) is 14.9. The number of rotatable bonds is 4. The van der Waals surface area contributed by atoms with Crippen LogP contribution in [0.3, 0.4) is 0 Å². The summed E-state index contributed by atoms with van der Waals surface area (Å²) in [6.45, 7) is 12.1. The van der Waals surface area contributed by atoms with Crippen LogP contribution in [-0.4, -0.2) is 22.6 Å². The molecule has 0 atom stereocenters. The summed E-state index contributed by atoms with van der Waals surface area (Å²) in [5.41, 5.74) is 1.83. The Bertz CT molecular complexity index is 288.